The second-order valence-electron chi connectivity index (χ2n) is 10.2. The van der Waals surface area contributed by atoms with Crippen LogP contribution in [0.25, 0.3) is 11.1 Å². The molecule has 4 heterocycles. The Kier molecular flexibility index (Phi) is 6.61. The second kappa shape index (κ2) is 10.4. The van der Waals surface area contributed by atoms with Gasteiger partial charge in [-0.1, -0.05) is 29.5 Å². The van der Waals surface area contributed by atoms with E-state index >= 15 is 0 Å². The van der Waals surface area contributed by atoms with Crippen LogP contribution in [0.15, 0.2) is 42.9 Å². The van der Waals surface area contributed by atoms with Crippen molar-refractivity contribution < 1.29 is 4.79 Å². The number of hydrogen-bond acceptors (Lipinski definition) is 7. The number of fused-ring (bicyclic) bond motifs is 2. The highest BCUT2D eigenvalue weighted by Crippen LogP contribution is 2.31. The van der Waals surface area contributed by atoms with Crippen molar-refractivity contribution in [3.05, 3.63) is 71.2 Å². The van der Waals surface area contributed by atoms with Gasteiger partial charge in [0.05, 0.1) is 12.2 Å². The molecular weight excluding hydrogens is 478 g/mol. The number of amides is 1. The third-order valence-electron chi connectivity index (χ3n) is 7.75. The van der Waals surface area contributed by atoms with Crippen LogP contribution in [0.2, 0.25) is 0 Å². The Labute approximate surface area is 222 Å². The monoisotopic (exact) mass is 511 g/mol. The number of aromatic nitrogens is 7. The van der Waals surface area contributed by atoms with Crippen LogP contribution < -0.4 is 4.90 Å². The van der Waals surface area contributed by atoms with Gasteiger partial charge in [0.2, 0.25) is 5.91 Å². The van der Waals surface area contributed by atoms with Crippen molar-refractivity contribution in [2.24, 2.45) is 5.92 Å². The van der Waals surface area contributed by atoms with Crippen LogP contribution in [-0.2, 0) is 43.6 Å². The Morgan fingerprint density at radius 1 is 1.11 bits per heavy atom. The van der Waals surface area contributed by atoms with Gasteiger partial charge in [-0.25, -0.2) is 9.97 Å². The third-order valence-corrected chi connectivity index (χ3v) is 7.75. The fourth-order valence-corrected chi connectivity index (χ4v) is 5.66. The molecule has 10 heteroatoms. The molecular formula is C28H33N9O. The van der Waals surface area contributed by atoms with Crippen LogP contribution >= 0.6 is 0 Å². The van der Waals surface area contributed by atoms with Crippen molar-refractivity contribution in [3.63, 3.8) is 0 Å². The lowest BCUT2D eigenvalue weighted by Gasteiger charge is -2.25. The van der Waals surface area contributed by atoms with Gasteiger partial charge >= 0.3 is 0 Å². The molecule has 1 N–H and O–H groups in total. The summed E-state index contributed by atoms with van der Waals surface area (Å²) in [6, 6.07) is 8.69. The van der Waals surface area contributed by atoms with Crippen LogP contribution in [0.4, 0.5) is 5.82 Å². The first-order chi connectivity index (χ1) is 18.6. The van der Waals surface area contributed by atoms with E-state index in [2.05, 4.69) is 58.4 Å². The molecule has 196 valence electrons. The van der Waals surface area contributed by atoms with Crippen molar-refractivity contribution in [1.82, 2.24) is 40.1 Å². The van der Waals surface area contributed by atoms with Gasteiger partial charge in [0.1, 0.15) is 18.1 Å². The average molecular weight is 512 g/mol. The van der Waals surface area contributed by atoms with E-state index in [1.54, 1.807) is 4.68 Å². The van der Waals surface area contributed by atoms with E-state index in [1.807, 2.05) is 23.5 Å². The molecule has 0 radical (unpaired) electrons. The molecule has 0 unspecified atom stereocenters. The standard InChI is InChI=1S/C28H33N9O/c1-3-35(4-2)28-23(16-37(33-28)18-27(38)36-10-9-24-25(17-36)32-34-31-24)22-14-29-26(30-15-22)13-19-11-20-7-5-6-8-21(20)12-19/h5-8,14-16,19H,3-4,9-13,17-18H2,1-2H3,(H,31,32,34). The molecule has 1 aromatic carbocycles. The fraction of sp³-hybridized carbons (Fsp3) is 0.429. The third kappa shape index (κ3) is 4.78. The summed E-state index contributed by atoms with van der Waals surface area (Å²) >= 11 is 0. The van der Waals surface area contributed by atoms with E-state index in [1.165, 1.54) is 11.1 Å². The van der Waals surface area contributed by atoms with Crippen molar-refractivity contribution >= 4 is 11.7 Å². The lowest BCUT2D eigenvalue weighted by Crippen LogP contribution is -2.38. The van der Waals surface area contributed by atoms with E-state index in [0.717, 1.165) is 72.9 Å². The largest absolute Gasteiger partial charge is 0.355 e. The minimum atomic E-state index is 0.0166. The van der Waals surface area contributed by atoms with Crippen LogP contribution in [0, 0.1) is 5.92 Å². The molecule has 3 aromatic heterocycles. The van der Waals surface area contributed by atoms with Gasteiger partial charge in [0.25, 0.3) is 0 Å². The Morgan fingerprint density at radius 2 is 1.84 bits per heavy atom. The Hall–Kier alpha value is -4.08. The van der Waals surface area contributed by atoms with Gasteiger partial charge in [-0.3, -0.25) is 14.6 Å². The lowest BCUT2D eigenvalue weighted by atomic mass is 10.0. The van der Waals surface area contributed by atoms with Crippen molar-refractivity contribution in [2.75, 3.05) is 24.5 Å². The molecule has 0 atom stereocenters. The van der Waals surface area contributed by atoms with Crippen molar-refractivity contribution in [3.8, 4) is 11.1 Å². The molecule has 0 saturated carbocycles. The van der Waals surface area contributed by atoms with Crippen LogP contribution in [-0.4, -0.2) is 65.6 Å². The molecule has 4 aromatic rings. The number of H-pyrrole nitrogens is 1. The normalized spacial score (nSPS) is 14.9. The topological polar surface area (TPSA) is 109 Å². The predicted molar refractivity (Wildman–Crippen MR) is 143 cm³/mol. The molecule has 38 heavy (non-hydrogen) atoms. The van der Waals surface area contributed by atoms with Crippen molar-refractivity contribution in [1.29, 1.82) is 0 Å². The van der Waals surface area contributed by atoms with E-state index in [9.17, 15) is 4.79 Å². The van der Waals surface area contributed by atoms with Crippen LogP contribution in [0.1, 0.15) is 42.2 Å². The number of hydrogen-bond donors (Lipinski definition) is 1. The molecule has 2 aliphatic rings. The molecule has 0 spiro atoms. The smallest absolute Gasteiger partial charge is 0.244 e. The highest BCUT2D eigenvalue weighted by atomic mass is 16.2. The number of carbonyl (C=O) groups excluding carboxylic acids is 1. The number of rotatable bonds is 8. The Balaban J connectivity index is 1.18. The van der Waals surface area contributed by atoms with E-state index < -0.39 is 0 Å². The maximum absolute atomic E-state index is 13.1. The number of aromatic amines is 1. The van der Waals surface area contributed by atoms with Crippen molar-refractivity contribution in [2.45, 2.75) is 52.6 Å². The van der Waals surface area contributed by atoms with Gasteiger partial charge in [0, 0.05) is 62.2 Å². The van der Waals surface area contributed by atoms with Gasteiger partial charge in [-0.05, 0) is 43.7 Å². The number of nitrogens with one attached hydrogen (secondary N) is 1. The number of anilines is 1. The van der Waals surface area contributed by atoms with Gasteiger partial charge in [-0.2, -0.15) is 5.10 Å². The van der Waals surface area contributed by atoms with Crippen LogP contribution in [0.3, 0.4) is 0 Å². The number of benzene rings is 1. The summed E-state index contributed by atoms with van der Waals surface area (Å²) in [5.41, 5.74) is 6.61. The lowest BCUT2D eigenvalue weighted by molar-refractivity contribution is -0.133. The maximum atomic E-state index is 13.1. The molecule has 0 fully saturated rings. The fourth-order valence-electron chi connectivity index (χ4n) is 5.66. The molecule has 1 amide bonds. The summed E-state index contributed by atoms with van der Waals surface area (Å²) in [5, 5.41) is 15.7. The zero-order chi connectivity index (χ0) is 26.1. The highest BCUT2D eigenvalue weighted by molar-refractivity contribution is 5.78. The van der Waals surface area contributed by atoms with Gasteiger partial charge < -0.3 is 9.80 Å². The summed E-state index contributed by atoms with van der Waals surface area (Å²) < 4.78 is 1.74. The maximum Gasteiger partial charge on any atom is 0.244 e. The summed E-state index contributed by atoms with van der Waals surface area (Å²) in [4.78, 5) is 26.6. The van der Waals surface area contributed by atoms with E-state index in [0.29, 0.717) is 19.0 Å². The summed E-state index contributed by atoms with van der Waals surface area (Å²) in [6.45, 7) is 7.15. The quantitative estimate of drug-likeness (QED) is 0.387. The Bertz CT molecular complexity index is 1400. The molecule has 6 rings (SSSR count). The van der Waals surface area contributed by atoms with Crippen LogP contribution in [0.5, 0.6) is 0 Å². The van der Waals surface area contributed by atoms with Gasteiger partial charge in [0.15, 0.2) is 5.82 Å². The molecule has 1 aliphatic carbocycles. The second-order valence-corrected chi connectivity index (χ2v) is 10.2. The van der Waals surface area contributed by atoms with E-state index in [4.69, 9.17) is 15.1 Å². The zero-order valence-electron chi connectivity index (χ0n) is 22.0. The molecule has 1 aliphatic heterocycles. The SMILES string of the molecule is CCN(CC)c1nn(CC(=O)N2CCc3[nH]nnc3C2)cc1-c1cnc(CC2Cc3ccccc3C2)nc1. The molecule has 0 bridgehead atoms. The number of nitrogens with zero attached hydrogens (tertiary/aromatic N) is 8. The first-order valence-electron chi connectivity index (χ1n) is 13.5. The minimum Gasteiger partial charge on any atom is -0.355 e. The zero-order valence-corrected chi connectivity index (χ0v) is 22.0. The Morgan fingerprint density at radius 3 is 2.55 bits per heavy atom. The molecule has 0 saturated heterocycles. The average Bonchev–Trinajstić information content (AvgIpc) is 3.67. The highest BCUT2D eigenvalue weighted by Gasteiger charge is 2.25. The summed E-state index contributed by atoms with van der Waals surface area (Å²) in [6.07, 6.45) is 9.53. The van der Waals surface area contributed by atoms with Gasteiger partial charge in [-0.15, -0.1) is 5.10 Å². The first kappa shape index (κ1) is 24.3. The minimum absolute atomic E-state index is 0.0166. The summed E-state index contributed by atoms with van der Waals surface area (Å²) in [5.74, 6) is 2.28. The number of carbonyl (C=O) groups is 1. The molecule has 10 nitrogen and oxygen atoms in total. The predicted octanol–water partition coefficient (Wildman–Crippen LogP) is 2.85. The first-order valence-corrected chi connectivity index (χ1v) is 13.5. The van der Waals surface area contributed by atoms with E-state index in [-0.39, 0.29) is 12.5 Å². The summed E-state index contributed by atoms with van der Waals surface area (Å²) in [7, 11) is 0.